The van der Waals surface area contributed by atoms with Crippen molar-refractivity contribution in [3.05, 3.63) is 64.8 Å². The second-order valence-corrected chi connectivity index (χ2v) is 7.67. The quantitative estimate of drug-likeness (QED) is 0.623. The summed E-state index contributed by atoms with van der Waals surface area (Å²) in [4.78, 5) is 14.6. The molecule has 1 saturated heterocycles. The number of hydrogen-bond donors (Lipinski definition) is 0. The van der Waals surface area contributed by atoms with Crippen LogP contribution in [0.5, 0.6) is 5.88 Å². The van der Waals surface area contributed by atoms with E-state index in [1.165, 1.54) is 5.56 Å². The Morgan fingerprint density at radius 2 is 1.75 bits per heavy atom. The van der Waals surface area contributed by atoms with Gasteiger partial charge in [0.1, 0.15) is 0 Å². The third-order valence-corrected chi connectivity index (χ3v) is 5.70. The Balaban J connectivity index is 1.64. The number of amides is 1. The molecule has 1 aromatic heterocycles. The molecule has 1 fully saturated rings. The van der Waals surface area contributed by atoms with Gasteiger partial charge >= 0.3 is 6.09 Å². The van der Waals surface area contributed by atoms with E-state index in [0.717, 1.165) is 61.3 Å². The Morgan fingerprint density at radius 3 is 2.54 bits per heavy atom. The van der Waals surface area contributed by atoms with E-state index in [4.69, 9.17) is 21.4 Å². The maximum absolute atomic E-state index is 12.8. The van der Waals surface area contributed by atoms with Crippen LogP contribution in [-0.4, -0.2) is 33.9 Å². The van der Waals surface area contributed by atoms with E-state index in [-0.39, 0.29) is 6.09 Å². The molecule has 2 heterocycles. The Bertz CT molecular complexity index is 1040. The number of ether oxygens (including phenoxy) is 1. The fourth-order valence-corrected chi connectivity index (χ4v) is 4.15. The predicted octanol–water partition coefficient (Wildman–Crippen LogP) is 4.89. The number of nitrogens with zero attached hydrogens (tertiary/aromatic N) is 3. The van der Waals surface area contributed by atoms with Gasteiger partial charge in [-0.1, -0.05) is 35.9 Å². The number of hydrogen-bond acceptors (Lipinski definition) is 3. The standard InChI is InChI=1S/C22H20ClN3O2/c23-16-8-10-17(11-9-16)26-21(28-22(27)25-13-3-4-14-25)20-18-6-2-1-5-15(18)7-12-19(20)24-26/h1-2,5-6,8-11H,3-4,7,12-14H2. The summed E-state index contributed by atoms with van der Waals surface area (Å²) in [5.74, 6) is 0.487. The van der Waals surface area contributed by atoms with Crippen molar-refractivity contribution in [3.8, 4) is 22.7 Å². The van der Waals surface area contributed by atoms with Gasteiger partial charge in [-0.2, -0.15) is 9.78 Å². The topological polar surface area (TPSA) is 47.4 Å². The monoisotopic (exact) mass is 393 g/mol. The van der Waals surface area contributed by atoms with Gasteiger partial charge in [0.15, 0.2) is 0 Å². The molecule has 1 amide bonds. The number of carbonyl (C=O) groups is 1. The highest BCUT2D eigenvalue weighted by atomic mass is 35.5. The maximum Gasteiger partial charge on any atom is 0.416 e. The Morgan fingerprint density at radius 1 is 1.00 bits per heavy atom. The van der Waals surface area contributed by atoms with Crippen molar-refractivity contribution in [3.63, 3.8) is 0 Å². The minimum absolute atomic E-state index is 0.307. The average Bonchev–Trinajstić information content (AvgIpc) is 3.37. The minimum atomic E-state index is -0.307. The lowest BCUT2D eigenvalue weighted by molar-refractivity contribution is 0.160. The summed E-state index contributed by atoms with van der Waals surface area (Å²) in [6, 6.07) is 15.7. The van der Waals surface area contributed by atoms with Crippen LogP contribution in [-0.2, 0) is 12.8 Å². The van der Waals surface area contributed by atoms with Gasteiger partial charge in [0, 0.05) is 18.1 Å². The first-order valence-electron chi connectivity index (χ1n) is 9.63. The number of aromatic nitrogens is 2. The number of fused-ring (bicyclic) bond motifs is 3. The average molecular weight is 394 g/mol. The normalized spacial score (nSPS) is 15.2. The molecule has 1 aliphatic carbocycles. The molecule has 2 aromatic carbocycles. The van der Waals surface area contributed by atoms with Gasteiger partial charge in [-0.3, -0.25) is 0 Å². The molecule has 0 spiro atoms. The first-order valence-corrected chi connectivity index (χ1v) is 10.0. The van der Waals surface area contributed by atoms with Crippen LogP contribution in [0, 0.1) is 0 Å². The van der Waals surface area contributed by atoms with Crippen molar-refractivity contribution >= 4 is 17.7 Å². The summed E-state index contributed by atoms with van der Waals surface area (Å²) in [6.45, 7) is 1.49. The van der Waals surface area contributed by atoms with Gasteiger partial charge in [0.2, 0.25) is 5.88 Å². The van der Waals surface area contributed by atoms with Gasteiger partial charge in [-0.25, -0.2) is 4.79 Å². The zero-order valence-corrected chi connectivity index (χ0v) is 16.2. The van der Waals surface area contributed by atoms with E-state index in [9.17, 15) is 4.79 Å². The zero-order valence-electron chi connectivity index (χ0n) is 15.4. The molecule has 28 heavy (non-hydrogen) atoms. The zero-order chi connectivity index (χ0) is 19.1. The van der Waals surface area contributed by atoms with Crippen molar-refractivity contribution in [2.45, 2.75) is 25.7 Å². The maximum atomic E-state index is 12.8. The molecule has 6 heteroatoms. The smallest absolute Gasteiger partial charge is 0.390 e. The molecule has 2 aliphatic rings. The van der Waals surface area contributed by atoms with Crippen molar-refractivity contribution in [2.24, 2.45) is 0 Å². The molecular formula is C22H20ClN3O2. The molecular weight excluding hydrogens is 374 g/mol. The fraction of sp³-hybridized carbons (Fsp3) is 0.273. The number of rotatable bonds is 2. The number of aryl methyl sites for hydroxylation is 2. The molecule has 1 aliphatic heterocycles. The van der Waals surface area contributed by atoms with Gasteiger partial charge in [-0.15, -0.1) is 0 Å². The Hall–Kier alpha value is -2.79. The van der Waals surface area contributed by atoms with Crippen molar-refractivity contribution in [1.29, 1.82) is 0 Å². The van der Waals surface area contributed by atoms with E-state index < -0.39 is 0 Å². The molecule has 0 unspecified atom stereocenters. The molecule has 0 bridgehead atoms. The van der Waals surface area contributed by atoms with Crippen LogP contribution in [0.1, 0.15) is 24.1 Å². The lowest BCUT2D eigenvalue weighted by Crippen LogP contribution is -2.31. The van der Waals surface area contributed by atoms with E-state index in [1.54, 1.807) is 9.58 Å². The van der Waals surface area contributed by atoms with Gasteiger partial charge in [-0.05, 0) is 61.1 Å². The second kappa shape index (κ2) is 6.99. The molecule has 5 nitrogen and oxygen atoms in total. The van der Waals surface area contributed by atoms with Crippen molar-refractivity contribution in [2.75, 3.05) is 13.1 Å². The van der Waals surface area contributed by atoms with Crippen molar-refractivity contribution < 1.29 is 9.53 Å². The van der Waals surface area contributed by atoms with Gasteiger partial charge in [0.05, 0.1) is 16.9 Å². The van der Waals surface area contributed by atoms with E-state index in [2.05, 4.69) is 12.1 Å². The summed E-state index contributed by atoms with van der Waals surface area (Å²) in [6.07, 6.45) is 3.49. The third kappa shape index (κ3) is 2.96. The summed E-state index contributed by atoms with van der Waals surface area (Å²) < 4.78 is 7.70. The van der Waals surface area contributed by atoms with Crippen LogP contribution in [0.4, 0.5) is 4.79 Å². The minimum Gasteiger partial charge on any atom is -0.390 e. The highest BCUT2D eigenvalue weighted by Gasteiger charge is 2.30. The Kier molecular flexibility index (Phi) is 4.32. The van der Waals surface area contributed by atoms with E-state index >= 15 is 0 Å². The molecule has 0 atom stereocenters. The molecule has 0 N–H and O–H groups in total. The highest BCUT2D eigenvalue weighted by molar-refractivity contribution is 6.30. The van der Waals surface area contributed by atoms with E-state index in [1.807, 2.05) is 36.4 Å². The number of benzene rings is 2. The summed E-state index contributed by atoms with van der Waals surface area (Å²) >= 11 is 6.06. The molecule has 142 valence electrons. The van der Waals surface area contributed by atoms with Crippen LogP contribution in [0.2, 0.25) is 5.02 Å². The summed E-state index contributed by atoms with van der Waals surface area (Å²) in [7, 11) is 0. The van der Waals surface area contributed by atoms with Crippen LogP contribution in [0.3, 0.4) is 0 Å². The van der Waals surface area contributed by atoms with Gasteiger partial charge < -0.3 is 9.64 Å². The first-order chi connectivity index (χ1) is 13.7. The molecule has 3 aromatic rings. The van der Waals surface area contributed by atoms with E-state index in [0.29, 0.717) is 10.9 Å². The summed E-state index contributed by atoms with van der Waals surface area (Å²) in [5.41, 5.74) is 5.04. The lowest BCUT2D eigenvalue weighted by atomic mass is 9.90. The van der Waals surface area contributed by atoms with Crippen LogP contribution in [0.25, 0.3) is 16.8 Å². The lowest BCUT2D eigenvalue weighted by Gasteiger charge is -2.19. The SMILES string of the molecule is O=C(Oc1c2c(nn1-c1ccc(Cl)cc1)CCc1ccccc1-2)N1CCCC1. The number of halogens is 1. The fourth-order valence-electron chi connectivity index (χ4n) is 4.02. The third-order valence-electron chi connectivity index (χ3n) is 5.45. The predicted molar refractivity (Wildman–Crippen MR) is 108 cm³/mol. The second-order valence-electron chi connectivity index (χ2n) is 7.23. The van der Waals surface area contributed by atoms with Crippen LogP contribution in [0.15, 0.2) is 48.5 Å². The molecule has 0 saturated carbocycles. The highest BCUT2D eigenvalue weighted by Crippen LogP contribution is 2.41. The van der Waals surface area contributed by atoms with Gasteiger partial charge in [0.25, 0.3) is 0 Å². The Labute approximate surface area is 168 Å². The summed E-state index contributed by atoms with van der Waals surface area (Å²) in [5, 5.41) is 5.46. The number of likely N-dealkylation sites (tertiary alicyclic amines) is 1. The van der Waals surface area contributed by atoms with Crippen LogP contribution < -0.4 is 4.74 Å². The largest absolute Gasteiger partial charge is 0.416 e. The van der Waals surface area contributed by atoms with Crippen LogP contribution >= 0.6 is 11.6 Å². The molecule has 0 radical (unpaired) electrons. The number of carbonyl (C=O) groups excluding carboxylic acids is 1. The molecule has 5 rings (SSSR count). The first kappa shape index (κ1) is 17.3. The van der Waals surface area contributed by atoms with Crippen molar-refractivity contribution in [1.82, 2.24) is 14.7 Å².